The topological polar surface area (TPSA) is 91.3 Å². The largest absolute Gasteiger partial charge is 0.469 e. The molecule has 0 aromatic heterocycles. The van der Waals surface area contributed by atoms with Gasteiger partial charge in [0.15, 0.2) is 0 Å². The van der Waals surface area contributed by atoms with Crippen molar-refractivity contribution in [3.05, 3.63) is 102 Å². The van der Waals surface area contributed by atoms with E-state index in [1.807, 2.05) is 81.4 Å². The van der Waals surface area contributed by atoms with Crippen LogP contribution in [0.5, 0.6) is 5.75 Å². The van der Waals surface area contributed by atoms with Crippen molar-refractivity contribution >= 4 is 23.6 Å². The maximum atomic E-state index is 13.4. The monoisotopic (exact) mass is 539 g/mol. The molecule has 0 amide bonds. The summed E-state index contributed by atoms with van der Waals surface area (Å²) in [5, 5.41) is 0. The number of fused-ring (bicyclic) bond motifs is 2. The third-order valence-electron chi connectivity index (χ3n) is 8.86. The second-order valence-corrected chi connectivity index (χ2v) is 11.1. The Morgan fingerprint density at radius 2 is 1.45 bits per heavy atom. The average Bonchev–Trinajstić information content (AvgIpc) is 3.27. The van der Waals surface area contributed by atoms with Gasteiger partial charge in [-0.25, -0.2) is 4.79 Å². The van der Waals surface area contributed by atoms with E-state index in [4.69, 9.17) is 19.2 Å². The van der Waals surface area contributed by atoms with E-state index in [9.17, 15) is 14.4 Å². The predicted octanol–water partition coefficient (Wildman–Crippen LogP) is 5.86. The summed E-state index contributed by atoms with van der Waals surface area (Å²) in [4.78, 5) is 43.4. The van der Waals surface area contributed by atoms with Crippen LogP contribution in [0.4, 0.5) is 0 Å². The van der Waals surface area contributed by atoms with E-state index in [1.54, 1.807) is 24.3 Å². The number of aliphatic imine (C=N–C) groups is 1. The van der Waals surface area contributed by atoms with Gasteiger partial charge in [-0.05, 0) is 37.5 Å². The van der Waals surface area contributed by atoms with Crippen molar-refractivity contribution < 1.29 is 28.6 Å². The van der Waals surface area contributed by atoms with E-state index in [-0.39, 0.29) is 12.4 Å². The Kier molecular flexibility index (Phi) is 7.08. The molecule has 1 saturated carbocycles. The van der Waals surface area contributed by atoms with E-state index in [0.717, 1.165) is 22.4 Å². The molecule has 3 atom stereocenters. The van der Waals surface area contributed by atoms with E-state index < -0.39 is 34.4 Å². The molecule has 2 fully saturated rings. The lowest BCUT2D eigenvalue weighted by Gasteiger charge is -2.34. The minimum atomic E-state index is -1.31. The van der Waals surface area contributed by atoms with Crippen LogP contribution in [0.25, 0.3) is 0 Å². The minimum Gasteiger partial charge on any atom is -0.469 e. The normalized spacial score (nSPS) is 23.1. The van der Waals surface area contributed by atoms with Gasteiger partial charge in [-0.3, -0.25) is 14.6 Å². The Morgan fingerprint density at radius 3 is 1.93 bits per heavy atom. The molecule has 2 bridgehead atoms. The van der Waals surface area contributed by atoms with Crippen LogP contribution in [0.3, 0.4) is 0 Å². The number of methoxy groups -OCH3 is 1. The smallest absolute Gasteiger partial charge is 0.356 e. The maximum absolute atomic E-state index is 13.4. The summed E-state index contributed by atoms with van der Waals surface area (Å²) in [7, 11) is 1.35. The summed E-state index contributed by atoms with van der Waals surface area (Å²) in [6, 6.07) is 26.0. The summed E-state index contributed by atoms with van der Waals surface area (Å²) in [6.07, 6.45) is 1.03. The summed E-state index contributed by atoms with van der Waals surface area (Å²) >= 11 is 0. The molecule has 2 aliphatic rings. The number of benzene rings is 3. The fourth-order valence-electron chi connectivity index (χ4n) is 5.79. The van der Waals surface area contributed by atoms with Gasteiger partial charge in [-0.15, -0.1) is 0 Å². The standard InChI is InChI=1S/C33H33NO6/c1-31(2)32(3)19-20-33(31,40-29(32)36)30(37)39-25-17-15-22(16-18-25)26(21-27(35)38-4)34-28(23-11-7-5-8-12-23)24-13-9-6-10-14-24/h5-18,26H,19-21H2,1-4H3. The number of hydrogen-bond donors (Lipinski definition) is 0. The van der Waals surface area contributed by atoms with E-state index in [2.05, 4.69) is 0 Å². The van der Waals surface area contributed by atoms with Gasteiger partial charge < -0.3 is 14.2 Å². The van der Waals surface area contributed by atoms with Gasteiger partial charge in [0, 0.05) is 16.5 Å². The van der Waals surface area contributed by atoms with Crippen LogP contribution < -0.4 is 4.74 Å². The third kappa shape index (κ3) is 4.49. The Balaban J connectivity index is 1.44. The lowest BCUT2D eigenvalue weighted by atomic mass is 9.66. The molecule has 3 aromatic carbocycles. The first-order valence-corrected chi connectivity index (χ1v) is 13.4. The van der Waals surface area contributed by atoms with Crippen molar-refractivity contribution in [1.29, 1.82) is 0 Å². The molecule has 7 heteroatoms. The van der Waals surface area contributed by atoms with Crippen LogP contribution >= 0.6 is 0 Å². The van der Waals surface area contributed by atoms with Crippen LogP contribution in [-0.2, 0) is 23.9 Å². The zero-order valence-corrected chi connectivity index (χ0v) is 23.2. The van der Waals surface area contributed by atoms with Crippen molar-refractivity contribution in [2.24, 2.45) is 15.8 Å². The summed E-state index contributed by atoms with van der Waals surface area (Å²) in [6.45, 7) is 5.64. The molecule has 0 N–H and O–H groups in total. The number of hydrogen-bond acceptors (Lipinski definition) is 7. The molecule has 0 radical (unpaired) electrons. The average molecular weight is 540 g/mol. The molecule has 1 aliphatic heterocycles. The molecule has 5 rings (SSSR count). The van der Waals surface area contributed by atoms with Gasteiger partial charge >= 0.3 is 17.9 Å². The highest BCUT2D eigenvalue weighted by Gasteiger charge is 2.76. The van der Waals surface area contributed by atoms with Gasteiger partial charge in [0.05, 0.1) is 30.7 Å². The number of ether oxygens (including phenoxy) is 3. The number of carbonyl (C=O) groups excluding carboxylic acids is 3. The highest BCUT2D eigenvalue weighted by Crippen LogP contribution is 2.65. The summed E-state index contributed by atoms with van der Waals surface area (Å²) in [5.41, 5.74) is 0.628. The van der Waals surface area contributed by atoms with Gasteiger partial charge in [-0.2, -0.15) is 0 Å². The molecule has 7 nitrogen and oxygen atoms in total. The first-order chi connectivity index (χ1) is 19.1. The molecule has 0 spiro atoms. The first kappa shape index (κ1) is 27.3. The molecule has 3 aromatic rings. The Hall–Kier alpha value is -4.26. The maximum Gasteiger partial charge on any atom is 0.356 e. The number of rotatable bonds is 8. The first-order valence-electron chi connectivity index (χ1n) is 13.4. The lowest BCUT2D eigenvalue weighted by Crippen LogP contribution is -2.50. The number of nitrogens with zero attached hydrogens (tertiary/aromatic N) is 1. The number of esters is 3. The Bertz CT molecular complexity index is 1410. The molecule has 206 valence electrons. The van der Waals surface area contributed by atoms with Gasteiger partial charge in [0.1, 0.15) is 5.75 Å². The van der Waals surface area contributed by atoms with Crippen LogP contribution in [0.2, 0.25) is 0 Å². The highest BCUT2D eigenvalue weighted by atomic mass is 16.6. The second kappa shape index (κ2) is 10.4. The van der Waals surface area contributed by atoms with Crippen molar-refractivity contribution in [2.75, 3.05) is 7.11 Å². The van der Waals surface area contributed by atoms with Crippen LogP contribution in [-0.4, -0.2) is 36.3 Å². The second-order valence-electron chi connectivity index (χ2n) is 11.1. The molecule has 1 aliphatic carbocycles. The molecular formula is C33H33NO6. The van der Waals surface area contributed by atoms with Crippen LogP contribution in [0, 0.1) is 10.8 Å². The third-order valence-corrected chi connectivity index (χ3v) is 8.86. The van der Waals surface area contributed by atoms with Crippen LogP contribution in [0.1, 0.15) is 62.8 Å². The molecular weight excluding hydrogens is 506 g/mol. The molecule has 1 saturated heterocycles. The van der Waals surface area contributed by atoms with Crippen molar-refractivity contribution in [3.8, 4) is 5.75 Å². The zero-order valence-electron chi connectivity index (χ0n) is 23.2. The van der Waals surface area contributed by atoms with E-state index in [0.29, 0.717) is 18.6 Å². The lowest BCUT2D eigenvalue weighted by molar-refractivity contribution is -0.176. The SMILES string of the molecule is COC(=O)CC(N=C(c1ccccc1)c1ccccc1)c1ccc(OC(=O)C23CCC(C)(C(=O)O2)C3(C)C)cc1. The predicted molar refractivity (Wildman–Crippen MR) is 150 cm³/mol. The summed E-state index contributed by atoms with van der Waals surface area (Å²) < 4.78 is 16.4. The minimum absolute atomic E-state index is 0.0324. The zero-order chi connectivity index (χ0) is 28.5. The van der Waals surface area contributed by atoms with Gasteiger partial charge in [0.2, 0.25) is 5.60 Å². The van der Waals surface area contributed by atoms with Gasteiger partial charge in [-0.1, -0.05) is 86.6 Å². The fraction of sp³-hybridized carbons (Fsp3) is 0.333. The summed E-state index contributed by atoms with van der Waals surface area (Å²) in [5.74, 6) is -0.993. The molecule has 40 heavy (non-hydrogen) atoms. The Morgan fingerprint density at radius 1 is 0.875 bits per heavy atom. The van der Waals surface area contributed by atoms with Crippen molar-refractivity contribution in [3.63, 3.8) is 0 Å². The Labute approximate surface area is 234 Å². The molecule has 3 unspecified atom stereocenters. The fourth-order valence-corrected chi connectivity index (χ4v) is 5.79. The molecule has 1 heterocycles. The van der Waals surface area contributed by atoms with Gasteiger partial charge in [0.25, 0.3) is 0 Å². The number of carbonyl (C=O) groups is 3. The van der Waals surface area contributed by atoms with E-state index in [1.165, 1.54) is 7.11 Å². The van der Waals surface area contributed by atoms with Crippen LogP contribution in [0.15, 0.2) is 89.9 Å². The van der Waals surface area contributed by atoms with Crippen molar-refractivity contribution in [1.82, 2.24) is 0 Å². The quantitative estimate of drug-likeness (QED) is 0.202. The van der Waals surface area contributed by atoms with Crippen molar-refractivity contribution in [2.45, 2.75) is 51.7 Å². The van der Waals surface area contributed by atoms with E-state index >= 15 is 0 Å². The highest BCUT2D eigenvalue weighted by molar-refractivity contribution is 6.13.